The topological polar surface area (TPSA) is 98.7 Å². The molecule has 2 amide bonds. The van der Waals surface area contributed by atoms with Crippen LogP contribution < -0.4 is 10.6 Å². The Bertz CT molecular complexity index is 424. The van der Waals surface area contributed by atoms with E-state index in [0.717, 1.165) is 0 Å². The molecule has 0 aromatic heterocycles. The fraction of sp³-hybridized carbons (Fsp3) is 0.846. The van der Waals surface area contributed by atoms with Gasteiger partial charge in [-0.05, 0) is 12.8 Å². The summed E-state index contributed by atoms with van der Waals surface area (Å²) >= 11 is 0. The number of aliphatic hydroxyl groups is 2. The highest BCUT2D eigenvalue weighted by molar-refractivity contribution is 5.83. The van der Waals surface area contributed by atoms with Crippen molar-refractivity contribution in [3.05, 3.63) is 0 Å². The lowest BCUT2D eigenvalue weighted by Gasteiger charge is -2.44. The fourth-order valence-corrected chi connectivity index (χ4v) is 2.52. The molecule has 0 aromatic rings. The number of rotatable bonds is 8. The van der Waals surface area contributed by atoms with Crippen LogP contribution in [-0.2, 0) is 9.59 Å². The van der Waals surface area contributed by atoms with Crippen molar-refractivity contribution in [3.63, 3.8) is 0 Å². The van der Waals surface area contributed by atoms with Crippen LogP contribution in [-0.4, -0.2) is 59.7 Å². The normalized spacial score (nSPS) is 15.4. The average molecular weight is 382 g/mol. The van der Waals surface area contributed by atoms with E-state index < -0.39 is 54.9 Å². The summed E-state index contributed by atoms with van der Waals surface area (Å²) in [5, 5.41) is 22.3. The van der Waals surface area contributed by atoms with Crippen molar-refractivity contribution < 1.29 is 46.1 Å². The zero-order valence-corrected chi connectivity index (χ0v) is 13.5. The van der Waals surface area contributed by atoms with E-state index in [4.69, 9.17) is 0 Å². The molecule has 0 spiro atoms. The molecule has 0 saturated heterocycles. The molecular weight excluding hydrogens is 362 g/mol. The first-order chi connectivity index (χ1) is 11.3. The zero-order chi connectivity index (χ0) is 20.1. The Morgan fingerprint density at radius 1 is 0.800 bits per heavy atom. The van der Waals surface area contributed by atoms with E-state index in [9.17, 15) is 46.1 Å². The third-order valence-electron chi connectivity index (χ3n) is 3.92. The highest BCUT2D eigenvalue weighted by Gasteiger charge is 2.50. The Morgan fingerprint density at radius 3 is 1.24 bits per heavy atom. The van der Waals surface area contributed by atoms with Gasteiger partial charge in [0.15, 0.2) is 0 Å². The fourth-order valence-electron chi connectivity index (χ4n) is 2.52. The maximum atomic E-state index is 12.4. The highest BCUT2D eigenvalue weighted by atomic mass is 19.4. The van der Waals surface area contributed by atoms with Gasteiger partial charge in [-0.25, -0.2) is 0 Å². The molecule has 0 aromatic carbocycles. The molecule has 12 heteroatoms. The lowest BCUT2D eigenvalue weighted by atomic mass is 9.72. The van der Waals surface area contributed by atoms with E-state index in [-0.39, 0.29) is 12.8 Å². The van der Waals surface area contributed by atoms with Crippen molar-refractivity contribution in [2.45, 2.75) is 51.1 Å². The predicted molar refractivity (Wildman–Crippen MR) is 73.2 cm³/mol. The van der Waals surface area contributed by atoms with Gasteiger partial charge in [-0.2, -0.15) is 26.3 Å². The van der Waals surface area contributed by atoms with E-state index in [1.807, 2.05) is 0 Å². The van der Waals surface area contributed by atoms with Gasteiger partial charge in [-0.15, -0.1) is 0 Å². The van der Waals surface area contributed by atoms with Gasteiger partial charge < -0.3 is 20.8 Å². The predicted octanol–water partition coefficient (Wildman–Crippen LogP) is 0.872. The van der Waals surface area contributed by atoms with Crippen LogP contribution in [0.5, 0.6) is 0 Å². The summed E-state index contributed by atoms with van der Waals surface area (Å²) in [6, 6.07) is -3.09. The summed E-state index contributed by atoms with van der Waals surface area (Å²) in [6.45, 7) is 0.465. The molecule has 148 valence electrons. The summed E-state index contributed by atoms with van der Waals surface area (Å²) in [6.07, 6.45) is -11.0. The number of hydrogen-bond acceptors (Lipinski definition) is 4. The van der Waals surface area contributed by atoms with Gasteiger partial charge in [-0.1, -0.05) is 13.8 Å². The summed E-state index contributed by atoms with van der Waals surface area (Å²) in [7, 11) is 0. The molecule has 2 unspecified atom stereocenters. The first-order valence-corrected chi connectivity index (χ1v) is 7.27. The molecule has 0 aliphatic rings. The van der Waals surface area contributed by atoms with Crippen LogP contribution in [0.2, 0.25) is 0 Å². The van der Waals surface area contributed by atoms with E-state index in [1.165, 1.54) is 13.8 Å². The van der Waals surface area contributed by atoms with Crippen LogP contribution in [0.1, 0.15) is 26.7 Å². The zero-order valence-electron chi connectivity index (χ0n) is 13.5. The third kappa shape index (κ3) is 5.73. The van der Waals surface area contributed by atoms with E-state index in [1.54, 1.807) is 10.6 Å². The van der Waals surface area contributed by atoms with Crippen molar-refractivity contribution in [3.8, 4) is 0 Å². The number of nitrogens with one attached hydrogen (secondary N) is 2. The van der Waals surface area contributed by atoms with Gasteiger partial charge in [0.25, 0.3) is 0 Å². The van der Waals surface area contributed by atoms with Gasteiger partial charge in [-0.3, -0.25) is 9.59 Å². The maximum absolute atomic E-state index is 12.4. The van der Waals surface area contributed by atoms with E-state index in [0.29, 0.717) is 0 Å². The molecule has 0 radical (unpaired) electrons. The van der Waals surface area contributed by atoms with Crippen LogP contribution in [0.15, 0.2) is 0 Å². The molecule has 2 atom stereocenters. The summed E-state index contributed by atoms with van der Waals surface area (Å²) in [5.74, 6) is -4.75. The van der Waals surface area contributed by atoms with Crippen LogP contribution in [0.4, 0.5) is 26.3 Å². The first kappa shape index (κ1) is 23.4. The monoisotopic (exact) mass is 382 g/mol. The van der Waals surface area contributed by atoms with Crippen molar-refractivity contribution in [1.82, 2.24) is 10.6 Å². The van der Waals surface area contributed by atoms with Crippen LogP contribution in [0.25, 0.3) is 0 Å². The number of amides is 2. The molecule has 0 bridgehead atoms. The Labute approximate surface area is 139 Å². The Hall–Kier alpha value is -1.56. The molecule has 0 aliphatic heterocycles. The quantitative estimate of drug-likeness (QED) is 0.468. The average Bonchev–Trinajstić information content (AvgIpc) is 2.51. The maximum Gasteiger partial charge on any atom is 0.471 e. The lowest BCUT2D eigenvalue weighted by Crippen LogP contribution is -2.64. The number of halogens is 6. The van der Waals surface area contributed by atoms with Crippen molar-refractivity contribution in [2.75, 3.05) is 13.2 Å². The number of carbonyl (C=O) groups excluding carboxylic acids is 2. The molecule has 0 saturated carbocycles. The van der Waals surface area contributed by atoms with E-state index in [2.05, 4.69) is 0 Å². The van der Waals surface area contributed by atoms with Crippen LogP contribution >= 0.6 is 0 Å². The Kier molecular flexibility index (Phi) is 8.15. The second-order valence-electron chi connectivity index (χ2n) is 5.41. The first-order valence-electron chi connectivity index (χ1n) is 7.27. The van der Waals surface area contributed by atoms with Gasteiger partial charge in [0.05, 0.1) is 18.6 Å². The van der Waals surface area contributed by atoms with Gasteiger partial charge >= 0.3 is 24.2 Å². The Balaban J connectivity index is 5.73. The number of hydrogen-bond donors (Lipinski definition) is 4. The molecular formula is C13H20F6N2O4. The second-order valence-corrected chi connectivity index (χ2v) is 5.41. The lowest BCUT2D eigenvalue weighted by molar-refractivity contribution is -0.178. The van der Waals surface area contributed by atoms with Crippen molar-refractivity contribution in [2.24, 2.45) is 5.41 Å². The SMILES string of the molecule is CCC(NC(=O)C(F)(F)F)C(CO)(CO)C(CC)NC(=O)C(F)(F)F. The summed E-state index contributed by atoms with van der Waals surface area (Å²) in [5.41, 5.74) is -2.04. The third-order valence-corrected chi connectivity index (χ3v) is 3.92. The molecule has 6 nitrogen and oxygen atoms in total. The summed E-state index contributed by atoms with van der Waals surface area (Å²) < 4.78 is 74.6. The Morgan fingerprint density at radius 2 is 1.08 bits per heavy atom. The minimum atomic E-state index is -5.26. The molecule has 0 fully saturated rings. The molecule has 25 heavy (non-hydrogen) atoms. The minimum Gasteiger partial charge on any atom is -0.396 e. The number of carbonyl (C=O) groups is 2. The largest absolute Gasteiger partial charge is 0.471 e. The van der Waals surface area contributed by atoms with Crippen LogP contribution in [0, 0.1) is 5.41 Å². The van der Waals surface area contributed by atoms with Gasteiger partial charge in [0.2, 0.25) is 0 Å². The summed E-state index contributed by atoms with van der Waals surface area (Å²) in [4.78, 5) is 22.3. The van der Waals surface area contributed by atoms with Crippen molar-refractivity contribution >= 4 is 11.8 Å². The minimum absolute atomic E-state index is 0.249. The molecule has 0 rings (SSSR count). The molecule has 0 heterocycles. The molecule has 4 N–H and O–H groups in total. The molecule has 0 aliphatic carbocycles. The highest BCUT2D eigenvalue weighted by Crippen LogP contribution is 2.32. The number of alkyl halides is 6. The van der Waals surface area contributed by atoms with Gasteiger partial charge in [0.1, 0.15) is 0 Å². The number of aliphatic hydroxyl groups excluding tert-OH is 2. The second kappa shape index (κ2) is 8.70. The van der Waals surface area contributed by atoms with E-state index >= 15 is 0 Å². The van der Waals surface area contributed by atoms with Gasteiger partial charge in [0, 0.05) is 12.1 Å². The van der Waals surface area contributed by atoms with Crippen molar-refractivity contribution in [1.29, 1.82) is 0 Å². The standard InChI is InChI=1S/C13H20F6N2O4/c1-3-7(20-9(24)12(14,15)16)11(5-22,6-23)8(4-2)21-10(25)13(17,18)19/h7-8,22-23H,3-6H2,1-2H3,(H,20,24)(H,21,25). The smallest absolute Gasteiger partial charge is 0.396 e. The van der Waals surface area contributed by atoms with Crippen LogP contribution in [0.3, 0.4) is 0 Å².